The molecular weight excluding hydrogens is 370 g/mol. The molecule has 1 atom stereocenters. The second-order valence-electron chi connectivity index (χ2n) is 5.67. The summed E-state index contributed by atoms with van der Waals surface area (Å²) >= 11 is 7.17. The van der Waals surface area contributed by atoms with Gasteiger partial charge in [0.1, 0.15) is 5.25 Å². The molecule has 5 nitrogen and oxygen atoms in total. The topological polar surface area (TPSA) is 61.8 Å². The van der Waals surface area contributed by atoms with Crippen LogP contribution in [0.1, 0.15) is 13.3 Å². The third kappa shape index (κ3) is 4.45. The van der Waals surface area contributed by atoms with E-state index in [-0.39, 0.29) is 18.2 Å². The van der Waals surface area contributed by atoms with E-state index in [0.29, 0.717) is 22.4 Å². The number of carbonyl (C=O) groups excluding carboxylic acids is 2. The molecule has 2 aromatic carbocycles. The van der Waals surface area contributed by atoms with Crippen molar-refractivity contribution in [2.24, 2.45) is 4.99 Å². The molecular formula is C19H18ClN3O2S. The van der Waals surface area contributed by atoms with Gasteiger partial charge in [-0.25, -0.2) is 4.99 Å². The van der Waals surface area contributed by atoms with Crippen molar-refractivity contribution in [2.75, 3.05) is 11.9 Å². The van der Waals surface area contributed by atoms with Gasteiger partial charge in [0.15, 0.2) is 5.17 Å². The molecule has 2 amide bonds. The van der Waals surface area contributed by atoms with Crippen molar-refractivity contribution in [1.82, 2.24) is 4.90 Å². The summed E-state index contributed by atoms with van der Waals surface area (Å²) in [5.41, 5.74) is 1.40. The van der Waals surface area contributed by atoms with Gasteiger partial charge < -0.3 is 5.32 Å². The first-order chi connectivity index (χ1) is 12.6. The predicted octanol–water partition coefficient (Wildman–Crippen LogP) is 4.32. The van der Waals surface area contributed by atoms with Crippen LogP contribution in [0.2, 0.25) is 5.02 Å². The summed E-state index contributed by atoms with van der Waals surface area (Å²) in [4.78, 5) is 31.2. The molecule has 0 saturated carbocycles. The first kappa shape index (κ1) is 18.5. The fraction of sp³-hybridized carbons (Fsp3) is 0.211. The number of hydrogen-bond acceptors (Lipinski definition) is 4. The van der Waals surface area contributed by atoms with Gasteiger partial charge in [-0.05, 0) is 43.3 Å². The number of amides is 2. The van der Waals surface area contributed by atoms with Crippen molar-refractivity contribution in [1.29, 1.82) is 0 Å². The van der Waals surface area contributed by atoms with Gasteiger partial charge in [-0.15, -0.1) is 0 Å². The van der Waals surface area contributed by atoms with Crippen LogP contribution in [0.3, 0.4) is 0 Å². The summed E-state index contributed by atoms with van der Waals surface area (Å²) in [6.07, 6.45) is 0.145. The van der Waals surface area contributed by atoms with E-state index in [9.17, 15) is 9.59 Å². The maximum Gasteiger partial charge on any atom is 0.238 e. The number of para-hydroxylation sites is 1. The Morgan fingerprint density at radius 3 is 2.58 bits per heavy atom. The zero-order chi connectivity index (χ0) is 18.5. The fourth-order valence-electron chi connectivity index (χ4n) is 2.52. The zero-order valence-corrected chi connectivity index (χ0v) is 15.8. The molecule has 1 saturated heterocycles. The van der Waals surface area contributed by atoms with Crippen LogP contribution in [-0.2, 0) is 9.59 Å². The van der Waals surface area contributed by atoms with Gasteiger partial charge in [-0.2, -0.15) is 0 Å². The number of anilines is 1. The highest BCUT2D eigenvalue weighted by atomic mass is 35.5. The molecule has 1 heterocycles. The summed E-state index contributed by atoms with van der Waals surface area (Å²) in [5.74, 6) is -0.320. The molecule has 3 rings (SSSR count). The second-order valence-corrected chi connectivity index (χ2v) is 7.28. The first-order valence-electron chi connectivity index (χ1n) is 8.24. The number of carbonyl (C=O) groups is 2. The molecule has 1 fully saturated rings. The van der Waals surface area contributed by atoms with E-state index in [1.165, 1.54) is 11.8 Å². The summed E-state index contributed by atoms with van der Waals surface area (Å²) in [6.45, 7) is 2.41. The van der Waals surface area contributed by atoms with Crippen molar-refractivity contribution in [2.45, 2.75) is 18.6 Å². The van der Waals surface area contributed by atoms with Gasteiger partial charge >= 0.3 is 0 Å². The Morgan fingerprint density at radius 1 is 1.23 bits per heavy atom. The molecule has 0 radical (unpaired) electrons. The summed E-state index contributed by atoms with van der Waals surface area (Å²) in [6, 6.07) is 16.3. The van der Waals surface area contributed by atoms with Crippen LogP contribution in [0.15, 0.2) is 59.6 Å². The highest BCUT2D eigenvalue weighted by Gasteiger charge is 2.35. The number of hydrogen-bond donors (Lipinski definition) is 1. The van der Waals surface area contributed by atoms with Gasteiger partial charge in [0.25, 0.3) is 0 Å². The lowest BCUT2D eigenvalue weighted by Gasteiger charge is -2.30. The van der Waals surface area contributed by atoms with Crippen molar-refractivity contribution in [3.05, 3.63) is 59.6 Å². The average Bonchev–Trinajstić information content (AvgIpc) is 2.64. The fourth-order valence-corrected chi connectivity index (χ4v) is 3.81. The number of halogens is 1. The first-order valence-corrected chi connectivity index (χ1v) is 9.49. The van der Waals surface area contributed by atoms with Crippen LogP contribution in [0.5, 0.6) is 0 Å². The van der Waals surface area contributed by atoms with E-state index in [2.05, 4.69) is 10.3 Å². The van der Waals surface area contributed by atoms with Crippen molar-refractivity contribution >= 4 is 51.7 Å². The number of rotatable bonds is 4. The molecule has 1 aliphatic rings. The largest absolute Gasteiger partial charge is 0.325 e. The molecule has 1 aliphatic heterocycles. The SMILES string of the molecule is CCN1C(=O)CC(C(=O)Nc2ccc(Cl)cc2)SC1=Nc1ccccc1. The van der Waals surface area contributed by atoms with Gasteiger partial charge in [-0.3, -0.25) is 14.5 Å². The minimum absolute atomic E-state index is 0.0998. The van der Waals surface area contributed by atoms with Crippen LogP contribution in [0.25, 0.3) is 0 Å². The molecule has 0 aliphatic carbocycles. The Labute approximate surface area is 161 Å². The van der Waals surface area contributed by atoms with E-state index in [1.54, 1.807) is 29.2 Å². The van der Waals surface area contributed by atoms with E-state index < -0.39 is 5.25 Å². The highest BCUT2D eigenvalue weighted by Crippen LogP contribution is 2.29. The molecule has 0 spiro atoms. The second kappa shape index (κ2) is 8.38. The Hall–Kier alpha value is -2.31. The minimum Gasteiger partial charge on any atom is -0.325 e. The molecule has 0 bridgehead atoms. The number of amidine groups is 1. The maximum atomic E-state index is 12.6. The summed E-state index contributed by atoms with van der Waals surface area (Å²) < 4.78 is 0. The standard InChI is InChI=1S/C19H18ClN3O2S/c1-2-23-17(24)12-16(18(25)21-15-10-8-13(20)9-11-15)26-19(23)22-14-6-4-3-5-7-14/h3-11,16H,2,12H2,1H3,(H,21,25). The molecule has 26 heavy (non-hydrogen) atoms. The Bertz CT molecular complexity index is 824. The van der Waals surface area contributed by atoms with E-state index in [1.807, 2.05) is 37.3 Å². The lowest BCUT2D eigenvalue weighted by molar-refractivity contribution is -0.129. The number of nitrogens with one attached hydrogen (secondary N) is 1. The molecule has 1 unspecified atom stereocenters. The minimum atomic E-state index is -0.525. The average molecular weight is 388 g/mol. The van der Waals surface area contributed by atoms with Crippen molar-refractivity contribution in [3.63, 3.8) is 0 Å². The van der Waals surface area contributed by atoms with Gasteiger partial charge in [0.2, 0.25) is 11.8 Å². The lowest BCUT2D eigenvalue weighted by Crippen LogP contribution is -2.45. The van der Waals surface area contributed by atoms with Crippen LogP contribution in [0.4, 0.5) is 11.4 Å². The third-order valence-corrected chi connectivity index (χ3v) is 5.28. The van der Waals surface area contributed by atoms with Crippen molar-refractivity contribution < 1.29 is 9.59 Å². The van der Waals surface area contributed by atoms with Crippen LogP contribution in [0, 0.1) is 0 Å². The Kier molecular flexibility index (Phi) is 5.96. The van der Waals surface area contributed by atoms with Crippen LogP contribution >= 0.6 is 23.4 Å². The third-order valence-electron chi connectivity index (χ3n) is 3.84. The Morgan fingerprint density at radius 2 is 1.92 bits per heavy atom. The van der Waals surface area contributed by atoms with E-state index in [0.717, 1.165) is 5.69 Å². The highest BCUT2D eigenvalue weighted by molar-refractivity contribution is 8.15. The van der Waals surface area contributed by atoms with Gasteiger partial charge in [0, 0.05) is 23.7 Å². The summed E-state index contributed by atoms with van der Waals surface area (Å²) in [5, 5.41) is 3.45. The normalized spacial score (nSPS) is 18.8. The number of benzene rings is 2. The molecule has 0 aromatic heterocycles. The summed E-state index contributed by atoms with van der Waals surface area (Å²) in [7, 11) is 0. The molecule has 1 N–H and O–H groups in total. The zero-order valence-electron chi connectivity index (χ0n) is 14.2. The Balaban J connectivity index is 1.78. The number of nitrogens with zero attached hydrogens (tertiary/aromatic N) is 2. The monoisotopic (exact) mass is 387 g/mol. The van der Waals surface area contributed by atoms with Crippen LogP contribution < -0.4 is 5.32 Å². The predicted molar refractivity (Wildman–Crippen MR) is 107 cm³/mol. The smallest absolute Gasteiger partial charge is 0.238 e. The van der Waals surface area contributed by atoms with E-state index in [4.69, 9.17) is 11.6 Å². The molecule has 2 aromatic rings. The molecule has 7 heteroatoms. The van der Waals surface area contributed by atoms with Crippen LogP contribution in [-0.4, -0.2) is 33.7 Å². The van der Waals surface area contributed by atoms with Gasteiger partial charge in [-0.1, -0.05) is 41.6 Å². The lowest BCUT2D eigenvalue weighted by atomic mass is 10.2. The maximum absolute atomic E-state index is 12.6. The molecule has 134 valence electrons. The number of aliphatic imine (C=N–C) groups is 1. The quantitative estimate of drug-likeness (QED) is 0.849. The van der Waals surface area contributed by atoms with Gasteiger partial charge in [0.05, 0.1) is 5.69 Å². The number of thioether (sulfide) groups is 1. The van der Waals surface area contributed by atoms with Crippen molar-refractivity contribution in [3.8, 4) is 0 Å². The van der Waals surface area contributed by atoms with E-state index >= 15 is 0 Å².